The minimum atomic E-state index is -0.800. The second kappa shape index (κ2) is 11.3. The van der Waals surface area contributed by atoms with Crippen LogP contribution in [0.3, 0.4) is 0 Å². The number of unbranched alkanes of at least 4 members (excludes halogenated alkanes) is 1. The number of amides is 1. The lowest BCUT2D eigenvalue weighted by Gasteiger charge is -2.24. The van der Waals surface area contributed by atoms with Gasteiger partial charge in [0, 0.05) is 20.2 Å². The van der Waals surface area contributed by atoms with E-state index >= 15 is 0 Å². The molecule has 0 saturated heterocycles. The molecule has 174 valence electrons. The van der Waals surface area contributed by atoms with Gasteiger partial charge in [-0.2, -0.15) is 0 Å². The number of benzene rings is 1. The Labute approximate surface area is 185 Å². The Balaban J connectivity index is 2.32. The molecule has 32 heavy (non-hydrogen) atoms. The van der Waals surface area contributed by atoms with Crippen molar-refractivity contribution < 1.29 is 19.1 Å². The molecule has 1 heterocycles. The third-order valence-electron chi connectivity index (χ3n) is 5.19. The van der Waals surface area contributed by atoms with Crippen LogP contribution in [-0.4, -0.2) is 48.3 Å². The van der Waals surface area contributed by atoms with E-state index in [0.717, 1.165) is 22.4 Å². The Morgan fingerprint density at radius 1 is 1.22 bits per heavy atom. The summed E-state index contributed by atoms with van der Waals surface area (Å²) in [5.41, 5.74) is 6.52. The van der Waals surface area contributed by atoms with Crippen LogP contribution in [0.1, 0.15) is 41.3 Å². The summed E-state index contributed by atoms with van der Waals surface area (Å²) in [5, 5.41) is 0. The monoisotopic (exact) mass is 446 g/mol. The number of ether oxygens (including phenoxy) is 2. The standard InChI is InChI=1S/C22H30N4O6/c1-5-6-10-26-19(23)18(20(28)24-22(26)30)25(11-12-31-4)17(27)13-32-21(29)16-9-7-8-14(2)15(16)3/h7-9H,5-6,10-13,23H2,1-4H3,(H,24,28,30). The van der Waals surface area contributed by atoms with Gasteiger partial charge < -0.3 is 15.2 Å². The molecule has 10 nitrogen and oxygen atoms in total. The van der Waals surface area contributed by atoms with E-state index in [2.05, 4.69) is 4.98 Å². The van der Waals surface area contributed by atoms with Crippen molar-refractivity contribution in [1.29, 1.82) is 0 Å². The Morgan fingerprint density at radius 3 is 2.59 bits per heavy atom. The SMILES string of the molecule is CCCCn1c(N)c(N(CCOC)C(=O)COC(=O)c2cccc(C)c2C)c(=O)[nH]c1=O. The summed E-state index contributed by atoms with van der Waals surface area (Å²) in [6.07, 6.45) is 1.47. The maximum absolute atomic E-state index is 12.9. The topological polar surface area (TPSA) is 137 Å². The van der Waals surface area contributed by atoms with E-state index in [4.69, 9.17) is 15.2 Å². The summed E-state index contributed by atoms with van der Waals surface area (Å²) in [7, 11) is 1.44. The lowest BCUT2D eigenvalue weighted by atomic mass is 10.0. The molecule has 1 aromatic heterocycles. The fraction of sp³-hybridized carbons (Fsp3) is 0.455. The molecule has 3 N–H and O–H groups in total. The molecule has 0 spiro atoms. The van der Waals surface area contributed by atoms with Crippen molar-refractivity contribution in [1.82, 2.24) is 9.55 Å². The van der Waals surface area contributed by atoms with Crippen LogP contribution in [0.4, 0.5) is 11.5 Å². The normalized spacial score (nSPS) is 10.8. The minimum absolute atomic E-state index is 0.0182. The number of nitrogen functional groups attached to an aromatic ring is 1. The van der Waals surface area contributed by atoms with Crippen LogP contribution in [0.15, 0.2) is 27.8 Å². The van der Waals surface area contributed by atoms with Crippen molar-refractivity contribution in [2.45, 2.75) is 40.2 Å². The zero-order chi connectivity index (χ0) is 23.8. The number of nitrogens with one attached hydrogen (secondary N) is 1. The van der Waals surface area contributed by atoms with E-state index in [1.165, 1.54) is 11.7 Å². The predicted octanol–water partition coefficient (Wildman–Crippen LogP) is 1.37. The average Bonchev–Trinajstić information content (AvgIpc) is 2.75. The molecule has 0 aliphatic heterocycles. The molecule has 2 rings (SSSR count). The zero-order valence-corrected chi connectivity index (χ0v) is 18.9. The van der Waals surface area contributed by atoms with Gasteiger partial charge in [0.25, 0.3) is 11.5 Å². The summed E-state index contributed by atoms with van der Waals surface area (Å²) in [6.45, 7) is 5.37. The number of esters is 1. The van der Waals surface area contributed by atoms with Gasteiger partial charge in [-0.1, -0.05) is 25.5 Å². The number of aromatic nitrogens is 2. The molecular formula is C22H30N4O6. The van der Waals surface area contributed by atoms with Gasteiger partial charge in [-0.25, -0.2) is 9.59 Å². The number of H-pyrrole nitrogens is 1. The number of nitrogens with two attached hydrogens (primary N) is 1. The maximum atomic E-state index is 12.9. The van der Waals surface area contributed by atoms with Crippen LogP contribution in [0.5, 0.6) is 0 Å². The first-order chi connectivity index (χ1) is 15.2. The average molecular weight is 447 g/mol. The van der Waals surface area contributed by atoms with E-state index in [0.29, 0.717) is 18.5 Å². The molecule has 0 atom stereocenters. The Morgan fingerprint density at radius 2 is 1.94 bits per heavy atom. The van der Waals surface area contributed by atoms with E-state index in [9.17, 15) is 19.2 Å². The molecule has 1 aromatic carbocycles. The molecule has 0 radical (unpaired) electrons. The molecule has 0 bridgehead atoms. The number of aromatic amines is 1. The molecule has 0 saturated carbocycles. The van der Waals surface area contributed by atoms with Gasteiger partial charge in [-0.15, -0.1) is 0 Å². The fourth-order valence-corrected chi connectivity index (χ4v) is 3.18. The van der Waals surface area contributed by atoms with Gasteiger partial charge in [-0.3, -0.25) is 24.0 Å². The highest BCUT2D eigenvalue weighted by atomic mass is 16.5. The van der Waals surface area contributed by atoms with Crippen molar-refractivity contribution >= 4 is 23.4 Å². The van der Waals surface area contributed by atoms with E-state index in [1.807, 2.05) is 19.9 Å². The van der Waals surface area contributed by atoms with Crippen molar-refractivity contribution in [3.8, 4) is 0 Å². The summed E-state index contributed by atoms with van der Waals surface area (Å²) >= 11 is 0. The summed E-state index contributed by atoms with van der Waals surface area (Å²) in [5.74, 6) is -1.45. The van der Waals surface area contributed by atoms with Crippen LogP contribution in [-0.2, 0) is 20.8 Å². The van der Waals surface area contributed by atoms with Crippen molar-refractivity contribution in [3.05, 3.63) is 55.7 Å². The molecular weight excluding hydrogens is 416 g/mol. The van der Waals surface area contributed by atoms with Gasteiger partial charge in [0.05, 0.1) is 12.2 Å². The first-order valence-electron chi connectivity index (χ1n) is 10.4. The summed E-state index contributed by atoms with van der Waals surface area (Å²) < 4.78 is 11.5. The van der Waals surface area contributed by atoms with Gasteiger partial charge in [0.1, 0.15) is 5.82 Å². The number of carbonyl (C=O) groups is 2. The number of rotatable bonds is 10. The second-order valence-corrected chi connectivity index (χ2v) is 7.36. The van der Waals surface area contributed by atoms with Crippen LogP contribution in [0.2, 0.25) is 0 Å². The number of hydrogen-bond donors (Lipinski definition) is 2. The zero-order valence-electron chi connectivity index (χ0n) is 18.9. The van der Waals surface area contributed by atoms with E-state index < -0.39 is 29.7 Å². The van der Waals surface area contributed by atoms with Crippen LogP contribution < -0.4 is 21.9 Å². The third kappa shape index (κ3) is 5.64. The maximum Gasteiger partial charge on any atom is 0.338 e. The number of aryl methyl sites for hydroxylation is 1. The number of carbonyl (C=O) groups excluding carboxylic acids is 2. The Hall–Kier alpha value is -3.40. The highest BCUT2D eigenvalue weighted by molar-refractivity contribution is 5.99. The van der Waals surface area contributed by atoms with Gasteiger partial charge in [-0.05, 0) is 37.5 Å². The number of anilines is 2. The lowest BCUT2D eigenvalue weighted by molar-refractivity contribution is -0.121. The summed E-state index contributed by atoms with van der Waals surface area (Å²) in [6, 6.07) is 5.21. The van der Waals surface area contributed by atoms with Crippen LogP contribution in [0, 0.1) is 13.8 Å². The molecule has 10 heteroatoms. The Bertz CT molecular complexity index is 1090. The van der Waals surface area contributed by atoms with Crippen LogP contribution in [0.25, 0.3) is 0 Å². The van der Waals surface area contributed by atoms with E-state index in [1.54, 1.807) is 19.1 Å². The van der Waals surface area contributed by atoms with Crippen molar-refractivity contribution in [2.75, 3.05) is 37.5 Å². The number of hydrogen-bond acceptors (Lipinski definition) is 7. The minimum Gasteiger partial charge on any atom is -0.452 e. The molecule has 1 amide bonds. The number of nitrogens with zero attached hydrogens (tertiary/aromatic N) is 2. The smallest absolute Gasteiger partial charge is 0.338 e. The highest BCUT2D eigenvalue weighted by Gasteiger charge is 2.25. The third-order valence-corrected chi connectivity index (χ3v) is 5.19. The van der Waals surface area contributed by atoms with Crippen molar-refractivity contribution in [2.24, 2.45) is 0 Å². The lowest BCUT2D eigenvalue weighted by Crippen LogP contribution is -2.44. The van der Waals surface area contributed by atoms with Gasteiger partial charge in [0.2, 0.25) is 0 Å². The Kier molecular flexibility index (Phi) is 8.77. The molecule has 0 fully saturated rings. The molecule has 0 aliphatic rings. The number of methoxy groups -OCH3 is 1. The summed E-state index contributed by atoms with van der Waals surface area (Å²) in [4.78, 5) is 53.5. The first kappa shape index (κ1) is 24.9. The fourth-order valence-electron chi connectivity index (χ4n) is 3.18. The van der Waals surface area contributed by atoms with E-state index in [-0.39, 0.29) is 24.7 Å². The van der Waals surface area contributed by atoms with Crippen molar-refractivity contribution in [3.63, 3.8) is 0 Å². The molecule has 2 aromatic rings. The van der Waals surface area contributed by atoms with Gasteiger partial charge in [0.15, 0.2) is 12.3 Å². The van der Waals surface area contributed by atoms with Gasteiger partial charge >= 0.3 is 11.7 Å². The molecule has 0 unspecified atom stereocenters. The first-order valence-corrected chi connectivity index (χ1v) is 10.4. The largest absolute Gasteiger partial charge is 0.452 e. The quantitative estimate of drug-likeness (QED) is 0.526. The highest BCUT2D eigenvalue weighted by Crippen LogP contribution is 2.18. The second-order valence-electron chi connectivity index (χ2n) is 7.36. The van der Waals surface area contributed by atoms with Crippen LogP contribution >= 0.6 is 0 Å². The molecule has 0 aliphatic carbocycles. The predicted molar refractivity (Wildman–Crippen MR) is 121 cm³/mol.